The molecule has 152 valence electrons. The molecule has 7 heteroatoms. The van der Waals surface area contributed by atoms with Crippen molar-refractivity contribution in [1.29, 1.82) is 0 Å². The lowest BCUT2D eigenvalue weighted by Gasteiger charge is -2.34. The highest BCUT2D eigenvalue weighted by atomic mass is 19.1. The van der Waals surface area contributed by atoms with E-state index in [-0.39, 0.29) is 17.8 Å². The third kappa shape index (κ3) is 5.38. The quantitative estimate of drug-likeness (QED) is 0.828. The summed E-state index contributed by atoms with van der Waals surface area (Å²) in [6.07, 6.45) is 1.93. The van der Waals surface area contributed by atoms with Crippen molar-refractivity contribution in [1.82, 2.24) is 25.0 Å². The number of carbonyl (C=O) groups excluding carboxylic acids is 1. The molecule has 0 unspecified atom stereocenters. The van der Waals surface area contributed by atoms with Crippen molar-refractivity contribution in [2.45, 2.75) is 52.6 Å². The predicted octanol–water partition coefficient (Wildman–Crippen LogP) is 2.94. The van der Waals surface area contributed by atoms with Crippen LogP contribution in [-0.2, 0) is 17.8 Å². The molecule has 0 spiro atoms. The average molecular weight is 388 g/mol. The van der Waals surface area contributed by atoms with Crippen molar-refractivity contribution in [3.8, 4) is 0 Å². The summed E-state index contributed by atoms with van der Waals surface area (Å²) in [6.45, 7) is 9.47. The standard InChI is InChI=1S/C21H30FN5O/c1-15(2)19-14-27(21(28)10-9-20-23-16(3)24-25-20)12-4-11-26(19)13-17-5-7-18(22)8-6-17/h5-8,15,19H,4,9-14H2,1-3H3,(H,23,24,25)/t19-/m0/s1. The molecule has 0 radical (unpaired) electrons. The minimum absolute atomic E-state index is 0.164. The number of carbonyl (C=O) groups is 1. The van der Waals surface area contributed by atoms with Crippen molar-refractivity contribution in [3.05, 3.63) is 47.3 Å². The fourth-order valence-electron chi connectivity index (χ4n) is 3.82. The number of nitrogens with zero attached hydrogens (tertiary/aromatic N) is 4. The molecule has 1 amide bonds. The normalized spacial score (nSPS) is 18.5. The van der Waals surface area contributed by atoms with Gasteiger partial charge in [0.05, 0.1) is 0 Å². The molecule has 0 saturated carbocycles. The summed E-state index contributed by atoms with van der Waals surface area (Å²) >= 11 is 0. The Balaban J connectivity index is 1.62. The Kier molecular flexibility index (Phi) is 6.78. The number of aryl methyl sites for hydroxylation is 2. The molecule has 0 aliphatic carbocycles. The zero-order chi connectivity index (χ0) is 20.1. The molecule has 1 aliphatic rings. The van der Waals surface area contributed by atoms with Gasteiger partial charge in [-0.15, -0.1) is 0 Å². The van der Waals surface area contributed by atoms with Crippen LogP contribution in [0.4, 0.5) is 4.39 Å². The third-order valence-corrected chi connectivity index (χ3v) is 5.38. The van der Waals surface area contributed by atoms with Gasteiger partial charge in [0.15, 0.2) is 5.82 Å². The van der Waals surface area contributed by atoms with Crippen molar-refractivity contribution < 1.29 is 9.18 Å². The van der Waals surface area contributed by atoms with Crippen LogP contribution in [0.3, 0.4) is 0 Å². The number of nitrogens with one attached hydrogen (secondary N) is 1. The van der Waals surface area contributed by atoms with Crippen LogP contribution in [0.1, 0.15) is 43.9 Å². The Hall–Kier alpha value is -2.28. The first kappa shape index (κ1) is 20.5. The lowest BCUT2D eigenvalue weighted by molar-refractivity contribution is -0.131. The van der Waals surface area contributed by atoms with E-state index < -0.39 is 0 Å². The van der Waals surface area contributed by atoms with Crippen LogP contribution in [-0.4, -0.2) is 56.6 Å². The van der Waals surface area contributed by atoms with Crippen molar-refractivity contribution in [3.63, 3.8) is 0 Å². The van der Waals surface area contributed by atoms with E-state index in [9.17, 15) is 9.18 Å². The average Bonchev–Trinajstić information content (AvgIpc) is 2.96. The molecule has 2 heterocycles. The second-order valence-corrected chi connectivity index (χ2v) is 7.94. The number of benzene rings is 1. The van der Waals surface area contributed by atoms with Gasteiger partial charge in [0, 0.05) is 45.1 Å². The molecule has 1 saturated heterocycles. The minimum atomic E-state index is -0.210. The van der Waals surface area contributed by atoms with Crippen LogP contribution in [0, 0.1) is 18.7 Å². The van der Waals surface area contributed by atoms with E-state index >= 15 is 0 Å². The molecule has 2 aromatic rings. The van der Waals surface area contributed by atoms with Gasteiger partial charge in [-0.05, 0) is 37.0 Å². The highest BCUT2D eigenvalue weighted by molar-refractivity contribution is 5.76. The van der Waals surface area contributed by atoms with Gasteiger partial charge in [-0.2, -0.15) is 5.10 Å². The monoisotopic (exact) mass is 387 g/mol. The maximum atomic E-state index is 13.2. The largest absolute Gasteiger partial charge is 0.341 e. The van der Waals surface area contributed by atoms with E-state index in [0.717, 1.165) is 44.0 Å². The zero-order valence-electron chi connectivity index (χ0n) is 17.0. The first-order valence-electron chi connectivity index (χ1n) is 10.1. The Morgan fingerprint density at radius 2 is 2.04 bits per heavy atom. The Bertz CT molecular complexity index is 773. The summed E-state index contributed by atoms with van der Waals surface area (Å²) < 4.78 is 13.2. The van der Waals surface area contributed by atoms with Gasteiger partial charge in [-0.3, -0.25) is 14.8 Å². The molecule has 1 atom stereocenters. The summed E-state index contributed by atoms with van der Waals surface area (Å²) in [5, 5.41) is 6.94. The SMILES string of the molecule is Cc1nc(CCC(=O)N2CCCN(Cc3ccc(F)cc3)[C@H](C(C)C)C2)n[nH]1. The molecule has 1 aromatic carbocycles. The van der Waals surface area contributed by atoms with Crippen LogP contribution < -0.4 is 0 Å². The van der Waals surface area contributed by atoms with Crippen LogP contribution in [0.5, 0.6) is 0 Å². The fourth-order valence-corrected chi connectivity index (χ4v) is 3.82. The predicted molar refractivity (Wildman–Crippen MR) is 106 cm³/mol. The van der Waals surface area contributed by atoms with Gasteiger partial charge >= 0.3 is 0 Å². The Morgan fingerprint density at radius 1 is 1.29 bits per heavy atom. The summed E-state index contributed by atoms with van der Waals surface area (Å²) in [5.41, 5.74) is 1.10. The number of amides is 1. The summed E-state index contributed by atoms with van der Waals surface area (Å²) in [6, 6.07) is 7.00. The molecule has 6 nitrogen and oxygen atoms in total. The van der Waals surface area contributed by atoms with Crippen molar-refractivity contribution >= 4 is 5.91 Å². The number of aromatic amines is 1. The van der Waals surface area contributed by atoms with Crippen LogP contribution in [0.25, 0.3) is 0 Å². The molecular weight excluding hydrogens is 357 g/mol. The molecule has 1 fully saturated rings. The molecular formula is C21H30FN5O. The number of hydrogen-bond donors (Lipinski definition) is 1. The van der Waals surface area contributed by atoms with Crippen LogP contribution >= 0.6 is 0 Å². The molecule has 1 N–H and O–H groups in total. The fraction of sp³-hybridized carbons (Fsp3) is 0.571. The van der Waals surface area contributed by atoms with Gasteiger partial charge in [-0.1, -0.05) is 26.0 Å². The molecule has 3 rings (SSSR count). The second kappa shape index (κ2) is 9.28. The van der Waals surface area contributed by atoms with Crippen LogP contribution in [0.15, 0.2) is 24.3 Å². The van der Waals surface area contributed by atoms with E-state index in [0.29, 0.717) is 24.6 Å². The van der Waals surface area contributed by atoms with Gasteiger partial charge in [0.2, 0.25) is 5.91 Å². The van der Waals surface area contributed by atoms with E-state index in [1.165, 1.54) is 12.1 Å². The zero-order valence-corrected chi connectivity index (χ0v) is 17.0. The topological polar surface area (TPSA) is 65.1 Å². The van der Waals surface area contributed by atoms with Gasteiger partial charge in [0.25, 0.3) is 0 Å². The first-order valence-corrected chi connectivity index (χ1v) is 10.1. The number of aromatic nitrogens is 3. The first-order chi connectivity index (χ1) is 13.4. The molecule has 0 bridgehead atoms. The third-order valence-electron chi connectivity index (χ3n) is 5.38. The van der Waals surface area contributed by atoms with Gasteiger partial charge < -0.3 is 4.90 Å². The summed E-state index contributed by atoms with van der Waals surface area (Å²) in [5.74, 6) is 1.84. The molecule has 1 aliphatic heterocycles. The van der Waals surface area contributed by atoms with Gasteiger partial charge in [-0.25, -0.2) is 9.37 Å². The molecule has 1 aromatic heterocycles. The number of halogens is 1. The van der Waals surface area contributed by atoms with E-state index in [1.54, 1.807) is 0 Å². The summed E-state index contributed by atoms with van der Waals surface area (Å²) in [4.78, 5) is 21.5. The Morgan fingerprint density at radius 3 is 2.68 bits per heavy atom. The van der Waals surface area contributed by atoms with Gasteiger partial charge in [0.1, 0.15) is 11.6 Å². The van der Waals surface area contributed by atoms with E-state index in [1.807, 2.05) is 24.0 Å². The number of H-pyrrole nitrogens is 1. The number of hydrogen-bond acceptors (Lipinski definition) is 4. The van der Waals surface area contributed by atoms with Crippen LogP contribution in [0.2, 0.25) is 0 Å². The van der Waals surface area contributed by atoms with Crippen molar-refractivity contribution in [2.75, 3.05) is 19.6 Å². The lowest BCUT2D eigenvalue weighted by atomic mass is 10.0. The van der Waals surface area contributed by atoms with E-state index in [2.05, 4.69) is 33.9 Å². The highest BCUT2D eigenvalue weighted by Gasteiger charge is 2.29. The number of rotatable bonds is 6. The maximum absolute atomic E-state index is 13.2. The highest BCUT2D eigenvalue weighted by Crippen LogP contribution is 2.21. The maximum Gasteiger partial charge on any atom is 0.223 e. The Labute approximate surface area is 166 Å². The van der Waals surface area contributed by atoms with Crippen molar-refractivity contribution in [2.24, 2.45) is 5.92 Å². The smallest absolute Gasteiger partial charge is 0.223 e. The minimum Gasteiger partial charge on any atom is -0.341 e. The molecule has 28 heavy (non-hydrogen) atoms. The summed E-state index contributed by atoms with van der Waals surface area (Å²) in [7, 11) is 0. The second-order valence-electron chi connectivity index (χ2n) is 7.94. The van der Waals surface area contributed by atoms with E-state index in [4.69, 9.17) is 0 Å². The lowest BCUT2D eigenvalue weighted by Crippen LogP contribution is -2.45.